The predicted octanol–water partition coefficient (Wildman–Crippen LogP) is 6.88. The summed E-state index contributed by atoms with van der Waals surface area (Å²) < 4.78 is 75.7. The quantitative estimate of drug-likeness (QED) is 0.189. The summed E-state index contributed by atoms with van der Waals surface area (Å²) in [6.45, 7) is 3.51. The molecule has 0 spiro atoms. The second-order valence-corrected chi connectivity index (χ2v) is 12.6. The fourth-order valence-electron chi connectivity index (χ4n) is 6.32. The van der Waals surface area contributed by atoms with Crippen molar-refractivity contribution >= 4 is 46.2 Å². The van der Waals surface area contributed by atoms with E-state index in [2.05, 4.69) is 9.97 Å². The number of benzene rings is 2. The van der Waals surface area contributed by atoms with Gasteiger partial charge in [0.05, 0.1) is 28.2 Å². The van der Waals surface area contributed by atoms with Gasteiger partial charge in [0.15, 0.2) is 0 Å². The number of nitrogens with zero attached hydrogens (tertiary/aromatic N) is 5. The van der Waals surface area contributed by atoms with Gasteiger partial charge in [0.2, 0.25) is 0 Å². The average Bonchev–Trinajstić information content (AvgIpc) is 3.17. The molecule has 2 aromatic heterocycles. The summed E-state index contributed by atoms with van der Waals surface area (Å²) >= 11 is 6.99. The molecule has 4 aromatic rings. The second-order valence-electron chi connectivity index (χ2n) is 11.2. The Morgan fingerprint density at radius 1 is 1.04 bits per heavy atom. The molecule has 0 bridgehead atoms. The maximum Gasteiger partial charge on any atom is 0.417 e. The van der Waals surface area contributed by atoms with Crippen LogP contribution in [0.5, 0.6) is 0 Å². The number of carbonyl (C=O) groups is 1. The highest BCUT2D eigenvalue weighted by atomic mass is 35.5. The Morgan fingerprint density at radius 3 is 2.33 bits per heavy atom. The molecule has 1 amide bonds. The first-order chi connectivity index (χ1) is 21.3. The maximum absolute atomic E-state index is 15.4. The van der Waals surface area contributed by atoms with Crippen LogP contribution in [0.25, 0.3) is 22.0 Å². The highest BCUT2D eigenvalue weighted by molar-refractivity contribution is 7.99. The zero-order valence-electron chi connectivity index (χ0n) is 23.8. The molecule has 0 saturated carbocycles. The number of alkyl halides is 3. The lowest BCUT2D eigenvalue weighted by molar-refractivity contribution is -0.137. The van der Waals surface area contributed by atoms with Gasteiger partial charge < -0.3 is 10.0 Å². The minimum absolute atomic E-state index is 0.000320. The van der Waals surface area contributed by atoms with Crippen LogP contribution >= 0.6 is 23.4 Å². The van der Waals surface area contributed by atoms with Gasteiger partial charge in [-0.2, -0.15) is 18.2 Å². The number of amides is 1. The van der Waals surface area contributed by atoms with Crippen molar-refractivity contribution in [2.75, 3.05) is 23.7 Å². The Hall–Kier alpha value is -3.91. The molecule has 8 nitrogen and oxygen atoms in total. The van der Waals surface area contributed by atoms with E-state index in [1.807, 2.05) is 0 Å². The third kappa shape index (κ3) is 5.47. The molecular weight excluding hydrogens is 641 g/mol. The zero-order valence-corrected chi connectivity index (χ0v) is 25.4. The number of thioether (sulfide) groups is 1. The molecule has 4 heterocycles. The average molecular weight is 666 g/mol. The molecule has 2 aromatic carbocycles. The Balaban J connectivity index is 1.68. The molecule has 236 valence electrons. The van der Waals surface area contributed by atoms with Gasteiger partial charge in [0.25, 0.3) is 0 Å². The summed E-state index contributed by atoms with van der Waals surface area (Å²) in [5.74, 6) is -2.55. The smallest absolute Gasteiger partial charge is 0.417 e. The van der Waals surface area contributed by atoms with Crippen LogP contribution in [0, 0.1) is 11.6 Å². The summed E-state index contributed by atoms with van der Waals surface area (Å²) in [7, 11) is 0. The van der Waals surface area contributed by atoms with Crippen molar-refractivity contribution in [1.82, 2.24) is 19.4 Å². The zero-order chi connectivity index (χ0) is 32.4. The Kier molecular flexibility index (Phi) is 7.92. The van der Waals surface area contributed by atoms with Gasteiger partial charge in [-0.3, -0.25) is 14.5 Å². The molecule has 1 saturated heterocycles. The first kappa shape index (κ1) is 31.1. The van der Waals surface area contributed by atoms with E-state index in [1.54, 1.807) is 43.3 Å². The molecular formula is C30H25ClF5N5O3S. The van der Waals surface area contributed by atoms with Gasteiger partial charge in [-0.25, -0.2) is 18.4 Å². The van der Waals surface area contributed by atoms with Crippen LogP contribution in [0.1, 0.15) is 30.9 Å². The Bertz CT molecular complexity index is 1880. The maximum atomic E-state index is 15.4. The van der Waals surface area contributed by atoms with Gasteiger partial charge in [0.1, 0.15) is 17.5 Å². The molecule has 1 fully saturated rings. The van der Waals surface area contributed by atoms with Crippen molar-refractivity contribution in [2.45, 2.75) is 49.5 Å². The normalized spacial score (nSPS) is 20.4. The first-order valence-corrected chi connectivity index (χ1v) is 15.2. The number of rotatable bonds is 3. The molecule has 45 heavy (non-hydrogen) atoms. The summed E-state index contributed by atoms with van der Waals surface area (Å²) in [5, 5.41) is 9.12. The summed E-state index contributed by atoms with van der Waals surface area (Å²) in [4.78, 5) is 36.8. The van der Waals surface area contributed by atoms with Crippen LogP contribution in [-0.4, -0.2) is 61.6 Å². The number of aromatic nitrogens is 3. The summed E-state index contributed by atoms with van der Waals surface area (Å²) in [6, 6.07) is 4.46. The number of halogens is 6. The minimum Gasteiger partial charge on any atom is -0.465 e. The molecule has 2 aliphatic heterocycles. The van der Waals surface area contributed by atoms with Crippen molar-refractivity contribution in [1.29, 1.82) is 0 Å². The van der Waals surface area contributed by atoms with Gasteiger partial charge in [-0.05, 0) is 43.7 Å². The third-order valence-corrected chi connectivity index (χ3v) is 9.78. The molecule has 2 aliphatic rings. The van der Waals surface area contributed by atoms with Crippen LogP contribution < -0.4 is 10.6 Å². The van der Waals surface area contributed by atoms with Gasteiger partial charge in [-0.1, -0.05) is 11.6 Å². The van der Waals surface area contributed by atoms with E-state index in [4.69, 9.17) is 11.6 Å². The van der Waals surface area contributed by atoms with Gasteiger partial charge >= 0.3 is 18.0 Å². The van der Waals surface area contributed by atoms with Crippen molar-refractivity contribution in [3.05, 3.63) is 81.0 Å². The Labute approximate surface area is 262 Å². The summed E-state index contributed by atoms with van der Waals surface area (Å²) in [5.41, 5.74) is -2.15. The molecule has 6 rings (SSSR count). The summed E-state index contributed by atoms with van der Waals surface area (Å²) in [6.07, 6.45) is -3.01. The molecule has 15 heteroatoms. The van der Waals surface area contributed by atoms with Crippen molar-refractivity contribution in [3.8, 4) is 11.1 Å². The SMILES string of the molecule is C[C@@H]1CN(c2nc(=O)n3c4c(c(-c5cc(Cl)c(F)cc5F)c(C(F)(F)F)cc24)SC[C@@H](c2ccncc2)C3)C[C@H](C)N1C(=O)O. The number of carboxylic acid groups (broad SMARTS) is 1. The predicted molar refractivity (Wildman–Crippen MR) is 160 cm³/mol. The fourth-order valence-corrected chi connectivity index (χ4v) is 7.87. The van der Waals surface area contributed by atoms with Crippen LogP contribution in [0.3, 0.4) is 0 Å². The van der Waals surface area contributed by atoms with Crippen molar-refractivity contribution in [2.24, 2.45) is 0 Å². The molecule has 0 unspecified atom stereocenters. The number of hydrogen-bond donors (Lipinski definition) is 1. The fraction of sp³-hybridized carbons (Fsp3) is 0.333. The van der Waals surface area contributed by atoms with Crippen LogP contribution in [-0.2, 0) is 12.7 Å². The van der Waals surface area contributed by atoms with Crippen molar-refractivity contribution < 1.29 is 31.9 Å². The molecule has 3 atom stereocenters. The Morgan fingerprint density at radius 2 is 1.71 bits per heavy atom. The lowest BCUT2D eigenvalue weighted by Crippen LogP contribution is -2.58. The number of pyridine rings is 1. The van der Waals surface area contributed by atoms with Gasteiger partial charge in [0, 0.05) is 71.2 Å². The molecule has 0 radical (unpaired) electrons. The van der Waals surface area contributed by atoms with Gasteiger partial charge in [-0.15, -0.1) is 11.8 Å². The lowest BCUT2D eigenvalue weighted by Gasteiger charge is -2.43. The largest absolute Gasteiger partial charge is 0.465 e. The highest BCUT2D eigenvalue weighted by Crippen LogP contribution is 2.50. The lowest BCUT2D eigenvalue weighted by atomic mass is 9.95. The number of anilines is 1. The first-order valence-electron chi connectivity index (χ1n) is 13.9. The molecule has 0 aliphatic carbocycles. The topological polar surface area (TPSA) is 91.6 Å². The van der Waals surface area contributed by atoms with E-state index in [0.717, 1.165) is 29.5 Å². The van der Waals surface area contributed by atoms with Crippen LogP contribution in [0.15, 0.2) is 52.4 Å². The van der Waals surface area contributed by atoms with Crippen molar-refractivity contribution in [3.63, 3.8) is 0 Å². The number of hydrogen-bond acceptors (Lipinski definition) is 6. The van der Waals surface area contributed by atoms with E-state index < -0.39 is 63.4 Å². The second kappa shape index (κ2) is 11.5. The monoisotopic (exact) mass is 665 g/mol. The van der Waals surface area contributed by atoms with E-state index in [-0.39, 0.29) is 52.9 Å². The standard InChI is InChI=1S/C30H25ClF5N5O3S/c1-14-10-39(11-15(2)41(14)29(43)44)27-19-7-20(30(34,35)36)24(18-8-21(31)23(33)9-22(18)32)26-25(19)40(28(42)38-27)12-17(13-45-26)16-3-5-37-6-4-16/h3-9,14-15,17H,10-13H2,1-2H3,(H,43,44)/t14-,15+,17-/m0/s1. The minimum atomic E-state index is -5.01. The van der Waals surface area contributed by atoms with E-state index >= 15 is 4.39 Å². The van der Waals surface area contributed by atoms with Crippen LogP contribution in [0.4, 0.5) is 32.6 Å². The van der Waals surface area contributed by atoms with Crippen LogP contribution in [0.2, 0.25) is 5.02 Å². The van der Waals surface area contributed by atoms with E-state index in [9.17, 15) is 32.3 Å². The number of piperazine rings is 1. The van der Waals surface area contributed by atoms with E-state index in [0.29, 0.717) is 6.07 Å². The molecule has 1 N–H and O–H groups in total. The van der Waals surface area contributed by atoms with E-state index in [1.165, 1.54) is 9.47 Å². The highest BCUT2D eigenvalue weighted by Gasteiger charge is 2.40. The third-order valence-electron chi connectivity index (χ3n) is 8.23.